The van der Waals surface area contributed by atoms with Gasteiger partial charge in [-0.3, -0.25) is 0 Å². The van der Waals surface area contributed by atoms with Crippen molar-refractivity contribution in [1.82, 2.24) is 4.90 Å². The van der Waals surface area contributed by atoms with Crippen molar-refractivity contribution < 1.29 is 9.47 Å². The predicted molar refractivity (Wildman–Crippen MR) is 73.6 cm³/mol. The Kier molecular flexibility index (Phi) is 7.24. The molecule has 0 aliphatic carbocycles. The molecule has 0 fully saturated rings. The highest BCUT2D eigenvalue weighted by Gasteiger charge is 1.99. The van der Waals surface area contributed by atoms with Gasteiger partial charge in [0.05, 0.1) is 6.61 Å². The van der Waals surface area contributed by atoms with E-state index in [2.05, 4.69) is 27.9 Å². The highest BCUT2D eigenvalue weighted by Crippen LogP contribution is 2.17. The van der Waals surface area contributed by atoms with Crippen LogP contribution < -0.4 is 4.74 Å². The molecule has 0 heterocycles. The van der Waals surface area contributed by atoms with Crippen LogP contribution in [0.15, 0.2) is 28.7 Å². The van der Waals surface area contributed by atoms with Crippen LogP contribution in [0, 0.1) is 0 Å². The maximum atomic E-state index is 5.65. The molecule has 17 heavy (non-hydrogen) atoms. The zero-order valence-corrected chi connectivity index (χ0v) is 12.1. The van der Waals surface area contributed by atoms with Gasteiger partial charge in [-0.05, 0) is 32.2 Å². The molecule has 0 radical (unpaired) electrons. The van der Waals surface area contributed by atoms with Gasteiger partial charge in [0.15, 0.2) is 0 Å². The highest BCUT2D eigenvalue weighted by molar-refractivity contribution is 9.10. The average molecular weight is 302 g/mol. The Morgan fingerprint density at radius 3 is 2.71 bits per heavy atom. The van der Waals surface area contributed by atoms with Crippen LogP contribution in [0.1, 0.15) is 6.92 Å². The summed E-state index contributed by atoms with van der Waals surface area (Å²) in [5.41, 5.74) is 0. The third-order valence-electron chi connectivity index (χ3n) is 2.36. The van der Waals surface area contributed by atoms with Gasteiger partial charge in [0.2, 0.25) is 0 Å². The second-order valence-corrected chi connectivity index (χ2v) is 4.72. The van der Waals surface area contributed by atoms with Crippen LogP contribution in [0.3, 0.4) is 0 Å². The lowest BCUT2D eigenvalue weighted by atomic mass is 10.3. The standard InChI is InChI=1S/C13H20BrNO2/c1-3-16-9-7-15(2)8-10-17-13-6-4-5-12(14)11-13/h4-6,11H,3,7-10H2,1-2H3. The fourth-order valence-corrected chi connectivity index (χ4v) is 1.73. The Labute approximate surface area is 112 Å². The Bertz CT molecular complexity index is 320. The minimum Gasteiger partial charge on any atom is -0.492 e. The van der Waals surface area contributed by atoms with Crippen molar-refractivity contribution >= 4 is 15.9 Å². The summed E-state index contributed by atoms with van der Waals surface area (Å²) in [6.07, 6.45) is 0. The molecule has 0 amide bonds. The third-order valence-corrected chi connectivity index (χ3v) is 2.85. The molecule has 1 rings (SSSR count). The first-order chi connectivity index (χ1) is 8.22. The predicted octanol–water partition coefficient (Wildman–Crippen LogP) is 2.80. The molecular weight excluding hydrogens is 282 g/mol. The molecule has 0 saturated carbocycles. The molecule has 0 aliphatic rings. The molecule has 0 spiro atoms. The maximum absolute atomic E-state index is 5.65. The SMILES string of the molecule is CCOCCN(C)CCOc1cccc(Br)c1. The van der Waals surface area contributed by atoms with Crippen molar-refractivity contribution in [2.45, 2.75) is 6.92 Å². The number of likely N-dealkylation sites (N-methyl/N-ethyl adjacent to an activating group) is 1. The minimum atomic E-state index is 0.694. The van der Waals surface area contributed by atoms with Crippen LogP contribution in [0.4, 0.5) is 0 Å². The van der Waals surface area contributed by atoms with Crippen LogP contribution in [0.2, 0.25) is 0 Å². The summed E-state index contributed by atoms with van der Waals surface area (Å²) < 4.78 is 12.0. The van der Waals surface area contributed by atoms with Gasteiger partial charge in [0, 0.05) is 24.2 Å². The van der Waals surface area contributed by atoms with Gasteiger partial charge in [0.1, 0.15) is 12.4 Å². The van der Waals surface area contributed by atoms with Crippen molar-refractivity contribution in [3.63, 3.8) is 0 Å². The number of hydrogen-bond donors (Lipinski definition) is 0. The first-order valence-corrected chi connectivity index (χ1v) is 6.66. The molecule has 1 aromatic rings. The molecule has 3 nitrogen and oxygen atoms in total. The van der Waals surface area contributed by atoms with E-state index in [0.717, 1.165) is 36.5 Å². The van der Waals surface area contributed by atoms with Crippen LogP contribution in [0.5, 0.6) is 5.75 Å². The molecule has 0 aromatic heterocycles. The lowest BCUT2D eigenvalue weighted by Gasteiger charge is -2.16. The van der Waals surface area contributed by atoms with Crippen molar-refractivity contribution in [3.05, 3.63) is 28.7 Å². The molecule has 0 saturated heterocycles. The van der Waals surface area contributed by atoms with E-state index in [1.54, 1.807) is 0 Å². The Balaban J connectivity index is 2.14. The number of ether oxygens (including phenoxy) is 2. The summed E-state index contributed by atoms with van der Waals surface area (Å²) in [5, 5.41) is 0. The summed E-state index contributed by atoms with van der Waals surface area (Å²) in [4.78, 5) is 2.20. The van der Waals surface area contributed by atoms with Gasteiger partial charge in [-0.1, -0.05) is 22.0 Å². The summed E-state index contributed by atoms with van der Waals surface area (Å²) in [7, 11) is 2.07. The third kappa shape index (κ3) is 6.66. The molecule has 0 unspecified atom stereocenters. The van der Waals surface area contributed by atoms with Gasteiger partial charge in [-0.15, -0.1) is 0 Å². The average Bonchev–Trinajstić information content (AvgIpc) is 2.29. The van der Waals surface area contributed by atoms with Gasteiger partial charge in [-0.2, -0.15) is 0 Å². The summed E-state index contributed by atoms with van der Waals surface area (Å²) in [6.45, 7) is 6.11. The minimum absolute atomic E-state index is 0.694. The van der Waals surface area contributed by atoms with Crippen molar-refractivity contribution in [3.8, 4) is 5.75 Å². The second-order valence-electron chi connectivity index (χ2n) is 3.81. The van der Waals surface area contributed by atoms with Crippen molar-refractivity contribution in [1.29, 1.82) is 0 Å². The first-order valence-electron chi connectivity index (χ1n) is 5.87. The van der Waals surface area contributed by atoms with Crippen LogP contribution in [-0.4, -0.2) is 44.9 Å². The number of rotatable bonds is 8. The zero-order chi connectivity index (χ0) is 12.5. The quantitative estimate of drug-likeness (QED) is 0.689. The Hall–Kier alpha value is -0.580. The summed E-state index contributed by atoms with van der Waals surface area (Å²) in [5.74, 6) is 0.901. The normalized spacial score (nSPS) is 10.8. The lowest BCUT2D eigenvalue weighted by molar-refractivity contribution is 0.116. The molecule has 4 heteroatoms. The van der Waals surface area contributed by atoms with Crippen LogP contribution in [0.25, 0.3) is 0 Å². The molecule has 0 bridgehead atoms. The monoisotopic (exact) mass is 301 g/mol. The van der Waals surface area contributed by atoms with E-state index in [1.807, 2.05) is 31.2 Å². The van der Waals surface area contributed by atoms with Crippen LogP contribution in [-0.2, 0) is 4.74 Å². The van der Waals surface area contributed by atoms with Crippen molar-refractivity contribution in [2.75, 3.05) is 40.0 Å². The van der Waals surface area contributed by atoms with E-state index in [4.69, 9.17) is 9.47 Å². The van der Waals surface area contributed by atoms with E-state index < -0.39 is 0 Å². The Morgan fingerprint density at radius 1 is 1.24 bits per heavy atom. The molecule has 1 aromatic carbocycles. The van der Waals surface area contributed by atoms with Gasteiger partial charge >= 0.3 is 0 Å². The number of hydrogen-bond acceptors (Lipinski definition) is 3. The van der Waals surface area contributed by atoms with Crippen molar-refractivity contribution in [2.24, 2.45) is 0 Å². The fourth-order valence-electron chi connectivity index (χ4n) is 1.35. The zero-order valence-electron chi connectivity index (χ0n) is 10.5. The number of benzene rings is 1. The first kappa shape index (κ1) is 14.5. The molecule has 0 atom stereocenters. The van der Waals surface area contributed by atoms with E-state index >= 15 is 0 Å². The number of nitrogens with zero attached hydrogens (tertiary/aromatic N) is 1. The van der Waals surface area contributed by atoms with Crippen LogP contribution >= 0.6 is 15.9 Å². The van der Waals surface area contributed by atoms with Gasteiger partial charge in [0.25, 0.3) is 0 Å². The van der Waals surface area contributed by atoms with E-state index in [9.17, 15) is 0 Å². The lowest BCUT2D eigenvalue weighted by Crippen LogP contribution is -2.27. The van der Waals surface area contributed by atoms with E-state index in [1.165, 1.54) is 0 Å². The summed E-state index contributed by atoms with van der Waals surface area (Å²) in [6, 6.07) is 7.89. The molecule has 0 aliphatic heterocycles. The second kappa shape index (κ2) is 8.50. The maximum Gasteiger partial charge on any atom is 0.120 e. The largest absolute Gasteiger partial charge is 0.492 e. The molecule has 0 N–H and O–H groups in total. The smallest absolute Gasteiger partial charge is 0.120 e. The Morgan fingerprint density at radius 2 is 2.00 bits per heavy atom. The molecule has 96 valence electrons. The topological polar surface area (TPSA) is 21.7 Å². The fraction of sp³-hybridized carbons (Fsp3) is 0.538. The van der Waals surface area contributed by atoms with Gasteiger partial charge < -0.3 is 14.4 Å². The highest BCUT2D eigenvalue weighted by atomic mass is 79.9. The van der Waals surface area contributed by atoms with Gasteiger partial charge in [-0.25, -0.2) is 0 Å². The number of halogens is 1. The van der Waals surface area contributed by atoms with E-state index in [-0.39, 0.29) is 0 Å². The summed E-state index contributed by atoms with van der Waals surface area (Å²) >= 11 is 3.42. The molecular formula is C13H20BrNO2. The van der Waals surface area contributed by atoms with E-state index in [0.29, 0.717) is 6.61 Å².